The molecule has 0 aliphatic heterocycles. The topological polar surface area (TPSA) is 0 Å². The standard InChI is InChI=1S/C24H19.2ClH.Hf/c1-3-7-21-17(5-1)13-15-23(21)19-9-11-20(12-10-19)24-16-14-18-6-2-4-8-22(18)24;;;/h1-11,13-16,23-24H,12H2;2*1H;/q-1;;;. The zero-order valence-electron chi connectivity index (χ0n) is 14.8. The molecule has 0 heterocycles. The fourth-order valence-corrected chi connectivity index (χ4v) is 4.15. The maximum atomic E-state index is 2.42. The van der Waals surface area contributed by atoms with E-state index in [0.717, 1.165) is 6.42 Å². The molecule has 0 radical (unpaired) electrons. The predicted octanol–water partition coefficient (Wildman–Crippen LogP) is 6.91. The van der Waals surface area contributed by atoms with Gasteiger partial charge in [-0.3, -0.25) is 0 Å². The van der Waals surface area contributed by atoms with Gasteiger partial charge in [-0.1, -0.05) is 79.3 Å². The van der Waals surface area contributed by atoms with Crippen LogP contribution >= 0.6 is 24.8 Å². The molecule has 2 unspecified atom stereocenters. The smallest absolute Gasteiger partial charge is 0.0111 e. The SMILES string of the molecule is C1=C[C-](C2C=Cc3ccccc32)CC=C1C1C=Cc2ccccc21.Cl.Cl.[Hf]. The fraction of sp³-hybridized carbons (Fsp3) is 0.125. The summed E-state index contributed by atoms with van der Waals surface area (Å²) in [5.41, 5.74) is 7.03. The number of hydrogen-bond donors (Lipinski definition) is 0. The van der Waals surface area contributed by atoms with E-state index in [1.165, 1.54) is 33.7 Å². The summed E-state index contributed by atoms with van der Waals surface area (Å²) < 4.78 is 0. The van der Waals surface area contributed by atoms with Crippen LogP contribution in [-0.2, 0) is 25.8 Å². The summed E-state index contributed by atoms with van der Waals surface area (Å²) in [4.78, 5) is 0. The third kappa shape index (κ3) is 3.97. The fourth-order valence-electron chi connectivity index (χ4n) is 4.15. The van der Waals surface area contributed by atoms with Crippen LogP contribution in [0.5, 0.6) is 0 Å². The van der Waals surface area contributed by atoms with Gasteiger partial charge < -0.3 is 0 Å². The monoisotopic (exact) mass is 559 g/mol. The normalized spacial score (nSPS) is 20.7. The van der Waals surface area contributed by atoms with Crippen molar-refractivity contribution in [2.45, 2.75) is 18.3 Å². The largest absolute Gasteiger partial charge is 0.224 e. The number of benzene rings is 2. The Balaban J connectivity index is 0.000000871. The second-order valence-corrected chi connectivity index (χ2v) is 6.75. The molecule has 3 aliphatic carbocycles. The van der Waals surface area contributed by atoms with Crippen LogP contribution in [0.25, 0.3) is 12.2 Å². The second kappa shape index (κ2) is 9.28. The van der Waals surface area contributed by atoms with E-state index in [1.807, 2.05) is 0 Å². The van der Waals surface area contributed by atoms with E-state index in [4.69, 9.17) is 0 Å². The van der Waals surface area contributed by atoms with Crippen molar-refractivity contribution < 1.29 is 25.8 Å². The first kappa shape index (κ1) is 22.0. The van der Waals surface area contributed by atoms with Gasteiger partial charge in [-0.2, -0.15) is 0 Å². The molecule has 0 amide bonds. The summed E-state index contributed by atoms with van der Waals surface area (Å²) in [7, 11) is 0. The molecule has 0 aromatic heterocycles. The predicted molar refractivity (Wildman–Crippen MR) is 116 cm³/mol. The van der Waals surface area contributed by atoms with Crippen molar-refractivity contribution in [3.8, 4) is 0 Å². The molecule has 27 heavy (non-hydrogen) atoms. The first-order valence-electron chi connectivity index (χ1n) is 8.68. The molecule has 0 saturated carbocycles. The van der Waals surface area contributed by atoms with Gasteiger partial charge in [-0.15, -0.1) is 36.5 Å². The summed E-state index contributed by atoms with van der Waals surface area (Å²) in [6.45, 7) is 0. The van der Waals surface area contributed by atoms with Crippen LogP contribution in [-0.4, -0.2) is 0 Å². The minimum atomic E-state index is 0. The summed E-state index contributed by atoms with van der Waals surface area (Å²) in [6.07, 6.45) is 17.3. The zero-order valence-corrected chi connectivity index (χ0v) is 20.1. The Morgan fingerprint density at radius 3 is 2.07 bits per heavy atom. The molecule has 136 valence electrons. The van der Waals surface area contributed by atoms with Crippen LogP contribution < -0.4 is 0 Å². The van der Waals surface area contributed by atoms with Crippen molar-refractivity contribution >= 4 is 37.0 Å². The van der Waals surface area contributed by atoms with Crippen molar-refractivity contribution in [2.24, 2.45) is 0 Å². The number of allylic oxidation sites excluding steroid dienone is 6. The zero-order chi connectivity index (χ0) is 15.9. The van der Waals surface area contributed by atoms with Gasteiger partial charge >= 0.3 is 0 Å². The molecule has 5 rings (SSSR count). The number of hydrogen-bond acceptors (Lipinski definition) is 0. The molecule has 2 aromatic carbocycles. The molecule has 0 bridgehead atoms. The van der Waals surface area contributed by atoms with Gasteiger partial charge in [-0.25, -0.2) is 18.1 Å². The number of halogens is 2. The summed E-state index contributed by atoms with van der Waals surface area (Å²) in [6, 6.07) is 17.5. The molecule has 0 spiro atoms. The van der Waals surface area contributed by atoms with Gasteiger partial charge in [0.1, 0.15) is 0 Å². The molecular formula is C24H21Cl2Hf-. The Hall–Kier alpha value is -1.28. The van der Waals surface area contributed by atoms with E-state index in [2.05, 4.69) is 91.1 Å². The maximum Gasteiger partial charge on any atom is 0.0111 e. The van der Waals surface area contributed by atoms with Gasteiger partial charge in [0, 0.05) is 31.8 Å². The van der Waals surface area contributed by atoms with Gasteiger partial charge in [0.15, 0.2) is 0 Å². The molecule has 0 fully saturated rings. The van der Waals surface area contributed by atoms with Crippen LogP contribution in [0, 0.1) is 5.92 Å². The molecule has 3 heteroatoms. The van der Waals surface area contributed by atoms with Crippen molar-refractivity contribution in [2.75, 3.05) is 0 Å². The van der Waals surface area contributed by atoms with Crippen molar-refractivity contribution in [3.05, 3.63) is 113 Å². The minimum Gasteiger partial charge on any atom is -0.224 e. The third-order valence-corrected chi connectivity index (χ3v) is 5.42. The van der Waals surface area contributed by atoms with Crippen molar-refractivity contribution in [1.82, 2.24) is 0 Å². The molecule has 0 saturated heterocycles. The van der Waals surface area contributed by atoms with E-state index < -0.39 is 0 Å². The van der Waals surface area contributed by atoms with E-state index in [-0.39, 0.29) is 50.7 Å². The van der Waals surface area contributed by atoms with Gasteiger partial charge in [0.05, 0.1) is 0 Å². The molecule has 0 nitrogen and oxygen atoms in total. The van der Waals surface area contributed by atoms with Crippen molar-refractivity contribution in [1.29, 1.82) is 0 Å². The first-order chi connectivity index (χ1) is 11.9. The van der Waals surface area contributed by atoms with Gasteiger partial charge in [-0.05, 0) is 28.2 Å². The molecule has 2 atom stereocenters. The van der Waals surface area contributed by atoms with E-state index >= 15 is 0 Å². The second-order valence-electron chi connectivity index (χ2n) is 6.75. The minimum absolute atomic E-state index is 0. The van der Waals surface area contributed by atoms with Gasteiger partial charge in [0.2, 0.25) is 0 Å². The Morgan fingerprint density at radius 1 is 0.741 bits per heavy atom. The van der Waals surface area contributed by atoms with Crippen LogP contribution in [0.4, 0.5) is 0 Å². The summed E-state index contributed by atoms with van der Waals surface area (Å²) in [5, 5.41) is 0. The Bertz CT molecular complexity index is 923. The molecular weight excluding hydrogens is 538 g/mol. The average molecular weight is 559 g/mol. The maximum absolute atomic E-state index is 2.42. The summed E-state index contributed by atoms with van der Waals surface area (Å²) >= 11 is 0. The number of fused-ring (bicyclic) bond motifs is 2. The van der Waals surface area contributed by atoms with Crippen LogP contribution in [0.15, 0.2) is 84.5 Å². The molecule has 0 N–H and O–H groups in total. The van der Waals surface area contributed by atoms with Crippen LogP contribution in [0.3, 0.4) is 0 Å². The Labute approximate surface area is 192 Å². The Morgan fingerprint density at radius 2 is 1.37 bits per heavy atom. The summed E-state index contributed by atoms with van der Waals surface area (Å²) in [5.74, 6) is 2.36. The van der Waals surface area contributed by atoms with E-state index in [1.54, 1.807) is 0 Å². The Kier molecular flexibility index (Phi) is 7.56. The van der Waals surface area contributed by atoms with Crippen molar-refractivity contribution in [3.63, 3.8) is 0 Å². The van der Waals surface area contributed by atoms with E-state index in [9.17, 15) is 0 Å². The average Bonchev–Trinajstić information content (AvgIpc) is 3.26. The van der Waals surface area contributed by atoms with Gasteiger partial charge in [0.25, 0.3) is 0 Å². The first-order valence-corrected chi connectivity index (χ1v) is 8.68. The van der Waals surface area contributed by atoms with Crippen LogP contribution in [0.1, 0.15) is 40.5 Å². The number of rotatable bonds is 2. The molecule has 2 aromatic rings. The van der Waals surface area contributed by atoms with Crippen LogP contribution in [0.2, 0.25) is 0 Å². The quantitative estimate of drug-likeness (QED) is 0.278. The molecule has 3 aliphatic rings. The third-order valence-electron chi connectivity index (χ3n) is 5.42. The van der Waals surface area contributed by atoms with E-state index in [0.29, 0.717) is 11.8 Å².